The van der Waals surface area contributed by atoms with E-state index in [4.69, 9.17) is 4.74 Å². The summed E-state index contributed by atoms with van der Waals surface area (Å²) >= 11 is 0. The van der Waals surface area contributed by atoms with Crippen molar-refractivity contribution in [2.75, 3.05) is 11.9 Å². The normalized spacial score (nSPS) is 10.2. The van der Waals surface area contributed by atoms with Gasteiger partial charge in [-0.25, -0.2) is 13.9 Å². The number of hydrogen-bond donors (Lipinski definition) is 1. The molecule has 0 atom stereocenters. The molecule has 0 saturated heterocycles. The highest BCUT2D eigenvalue weighted by atomic mass is 19.1. The molecule has 1 N–H and O–H groups in total. The summed E-state index contributed by atoms with van der Waals surface area (Å²) in [6, 6.07) is 6.60. The molecule has 0 unspecified atom stereocenters. The molecule has 2 rings (SSSR count). The summed E-state index contributed by atoms with van der Waals surface area (Å²) in [6.45, 7) is 1.04. The Morgan fingerprint density at radius 1 is 1.30 bits per heavy atom. The molecule has 7 nitrogen and oxygen atoms in total. The minimum absolute atomic E-state index is 0.0960. The second-order valence-electron chi connectivity index (χ2n) is 4.77. The molecule has 2 aromatic rings. The van der Waals surface area contributed by atoms with Crippen molar-refractivity contribution in [3.63, 3.8) is 0 Å². The number of benzene rings is 1. The molecule has 0 saturated carbocycles. The van der Waals surface area contributed by atoms with E-state index in [0.29, 0.717) is 5.56 Å². The molecule has 23 heavy (non-hydrogen) atoms. The van der Waals surface area contributed by atoms with E-state index in [-0.39, 0.29) is 16.9 Å². The van der Waals surface area contributed by atoms with Crippen LogP contribution in [-0.4, -0.2) is 28.3 Å². The molecule has 8 heteroatoms. The number of hydrogen-bond acceptors (Lipinski definition) is 5. The van der Waals surface area contributed by atoms with E-state index in [2.05, 4.69) is 10.4 Å². The number of esters is 1. The van der Waals surface area contributed by atoms with E-state index in [1.165, 1.54) is 37.4 Å². The summed E-state index contributed by atoms with van der Waals surface area (Å²) in [4.78, 5) is 34.6. The van der Waals surface area contributed by atoms with Gasteiger partial charge in [-0.05, 0) is 30.7 Å². The van der Waals surface area contributed by atoms with Gasteiger partial charge in [-0.3, -0.25) is 9.59 Å². The predicted molar refractivity (Wildman–Crippen MR) is 79.5 cm³/mol. The fraction of sp³-hybridized carbons (Fsp3) is 0.200. The molecule has 1 aromatic heterocycles. The van der Waals surface area contributed by atoms with Crippen LogP contribution < -0.4 is 10.9 Å². The highest BCUT2D eigenvalue weighted by Gasteiger charge is 2.13. The van der Waals surface area contributed by atoms with Gasteiger partial charge in [0.05, 0.1) is 0 Å². The minimum Gasteiger partial charge on any atom is -0.451 e. The Morgan fingerprint density at radius 2 is 2.04 bits per heavy atom. The van der Waals surface area contributed by atoms with Crippen LogP contribution in [0.2, 0.25) is 0 Å². The van der Waals surface area contributed by atoms with Gasteiger partial charge < -0.3 is 10.1 Å². The van der Waals surface area contributed by atoms with E-state index in [1.807, 2.05) is 0 Å². The Balaban J connectivity index is 1.93. The standard InChI is InChI=1S/C15H14FN3O4/c1-9-3-4-10(7-11(9)16)17-13(20)8-23-15(22)12-5-6-14(21)19(2)18-12/h3-7H,8H2,1-2H3,(H,17,20). The van der Waals surface area contributed by atoms with Crippen molar-refractivity contribution in [2.45, 2.75) is 6.92 Å². The average molecular weight is 319 g/mol. The van der Waals surface area contributed by atoms with Crippen LogP contribution >= 0.6 is 0 Å². The molecule has 1 aromatic carbocycles. The van der Waals surface area contributed by atoms with Gasteiger partial charge in [-0.15, -0.1) is 0 Å². The Morgan fingerprint density at radius 3 is 2.70 bits per heavy atom. The molecule has 0 aliphatic heterocycles. The fourth-order valence-electron chi connectivity index (χ4n) is 1.68. The van der Waals surface area contributed by atoms with Crippen LogP contribution in [0.15, 0.2) is 35.1 Å². The topological polar surface area (TPSA) is 90.3 Å². The zero-order valence-corrected chi connectivity index (χ0v) is 12.5. The third-order valence-electron chi connectivity index (χ3n) is 2.96. The molecule has 0 radical (unpaired) electrons. The summed E-state index contributed by atoms with van der Waals surface area (Å²) in [5.74, 6) is -1.91. The van der Waals surface area contributed by atoms with Crippen LogP contribution in [0.4, 0.5) is 10.1 Å². The largest absolute Gasteiger partial charge is 0.451 e. The molecule has 0 bridgehead atoms. The zero-order chi connectivity index (χ0) is 17.0. The van der Waals surface area contributed by atoms with Crippen LogP contribution in [0.5, 0.6) is 0 Å². The third kappa shape index (κ3) is 4.22. The van der Waals surface area contributed by atoms with Crippen molar-refractivity contribution in [1.82, 2.24) is 9.78 Å². The monoisotopic (exact) mass is 319 g/mol. The summed E-state index contributed by atoms with van der Waals surface area (Å²) in [6.07, 6.45) is 0. The number of aryl methyl sites for hydroxylation is 2. The maximum absolute atomic E-state index is 13.4. The van der Waals surface area contributed by atoms with Crippen molar-refractivity contribution in [3.8, 4) is 0 Å². The first kappa shape index (κ1) is 16.3. The van der Waals surface area contributed by atoms with E-state index in [1.54, 1.807) is 6.92 Å². The summed E-state index contributed by atoms with van der Waals surface area (Å²) in [5.41, 5.74) is 0.242. The van der Waals surface area contributed by atoms with Gasteiger partial charge >= 0.3 is 5.97 Å². The van der Waals surface area contributed by atoms with Crippen molar-refractivity contribution in [1.29, 1.82) is 0 Å². The van der Waals surface area contributed by atoms with Gasteiger partial charge in [-0.1, -0.05) is 6.07 Å². The zero-order valence-electron chi connectivity index (χ0n) is 12.5. The van der Waals surface area contributed by atoms with Crippen molar-refractivity contribution < 1.29 is 18.7 Å². The van der Waals surface area contributed by atoms with E-state index in [0.717, 1.165) is 4.68 Å². The first-order valence-corrected chi connectivity index (χ1v) is 6.64. The third-order valence-corrected chi connectivity index (χ3v) is 2.96. The molecule has 1 heterocycles. The van der Waals surface area contributed by atoms with Gasteiger partial charge in [0.1, 0.15) is 5.82 Å². The summed E-state index contributed by atoms with van der Waals surface area (Å²) in [7, 11) is 1.39. The lowest BCUT2D eigenvalue weighted by atomic mass is 10.2. The lowest BCUT2D eigenvalue weighted by molar-refractivity contribution is -0.119. The van der Waals surface area contributed by atoms with E-state index >= 15 is 0 Å². The molecule has 1 amide bonds. The number of rotatable bonds is 4. The molecule has 0 aliphatic rings. The van der Waals surface area contributed by atoms with Gasteiger partial charge in [0.25, 0.3) is 11.5 Å². The van der Waals surface area contributed by atoms with Gasteiger partial charge in [0.15, 0.2) is 12.3 Å². The van der Waals surface area contributed by atoms with E-state index < -0.39 is 24.3 Å². The van der Waals surface area contributed by atoms with Gasteiger partial charge in [-0.2, -0.15) is 5.10 Å². The SMILES string of the molecule is Cc1ccc(NC(=O)COC(=O)c2ccc(=O)n(C)n2)cc1F. The summed E-state index contributed by atoms with van der Waals surface area (Å²) < 4.78 is 19.1. The maximum atomic E-state index is 13.4. The second-order valence-corrected chi connectivity index (χ2v) is 4.77. The maximum Gasteiger partial charge on any atom is 0.359 e. The van der Waals surface area contributed by atoms with Crippen molar-refractivity contribution in [2.24, 2.45) is 7.05 Å². The van der Waals surface area contributed by atoms with Crippen LogP contribution in [0.3, 0.4) is 0 Å². The number of aromatic nitrogens is 2. The van der Waals surface area contributed by atoms with Crippen molar-refractivity contribution >= 4 is 17.6 Å². The quantitative estimate of drug-likeness (QED) is 0.850. The van der Waals surface area contributed by atoms with Crippen molar-refractivity contribution in [3.05, 3.63) is 57.8 Å². The molecule has 120 valence electrons. The highest BCUT2D eigenvalue weighted by Crippen LogP contribution is 2.13. The van der Waals surface area contributed by atoms with Crippen LogP contribution in [-0.2, 0) is 16.6 Å². The number of nitrogens with zero attached hydrogens (tertiary/aromatic N) is 2. The number of amides is 1. The lowest BCUT2D eigenvalue weighted by Gasteiger charge is -2.07. The van der Waals surface area contributed by atoms with Crippen LogP contribution in [0.1, 0.15) is 16.1 Å². The number of nitrogens with one attached hydrogen (secondary N) is 1. The molecular formula is C15H14FN3O4. The Hall–Kier alpha value is -3.03. The average Bonchev–Trinajstić information content (AvgIpc) is 2.51. The Kier molecular flexibility index (Phi) is 4.85. The van der Waals surface area contributed by atoms with Gasteiger partial charge in [0, 0.05) is 18.8 Å². The lowest BCUT2D eigenvalue weighted by Crippen LogP contribution is -2.24. The number of ether oxygens (including phenoxy) is 1. The second kappa shape index (κ2) is 6.82. The smallest absolute Gasteiger partial charge is 0.359 e. The predicted octanol–water partition coefficient (Wildman–Crippen LogP) is 1.02. The Bertz CT molecular complexity index is 817. The number of halogens is 1. The van der Waals surface area contributed by atoms with Gasteiger partial charge in [0.2, 0.25) is 0 Å². The van der Waals surface area contributed by atoms with Crippen LogP contribution in [0, 0.1) is 12.7 Å². The number of carbonyl (C=O) groups excluding carboxylic acids is 2. The van der Waals surface area contributed by atoms with Crippen LogP contribution in [0.25, 0.3) is 0 Å². The van der Waals surface area contributed by atoms with E-state index in [9.17, 15) is 18.8 Å². The molecular weight excluding hydrogens is 305 g/mol. The number of anilines is 1. The number of carbonyl (C=O) groups is 2. The summed E-state index contributed by atoms with van der Waals surface area (Å²) in [5, 5.41) is 6.11. The molecule has 0 fully saturated rings. The first-order valence-electron chi connectivity index (χ1n) is 6.64. The minimum atomic E-state index is -0.842. The fourth-order valence-corrected chi connectivity index (χ4v) is 1.68. The highest BCUT2D eigenvalue weighted by molar-refractivity contribution is 5.94. The first-order chi connectivity index (χ1) is 10.9. The molecule has 0 aliphatic carbocycles. The molecule has 0 spiro atoms. The Labute approximate surface area is 130 Å².